The summed E-state index contributed by atoms with van der Waals surface area (Å²) >= 11 is 0. The maximum absolute atomic E-state index is 12.4. The number of rotatable bonds is 8. The Balaban J connectivity index is 1.60. The molecule has 1 saturated carbocycles. The van der Waals surface area contributed by atoms with E-state index < -0.39 is 21.7 Å². The Morgan fingerprint density at radius 1 is 1.07 bits per heavy atom. The molecule has 0 aliphatic heterocycles. The number of aryl methyl sites for hydroxylation is 1. The average Bonchev–Trinajstić information content (AvgIpc) is 2.70. The zero-order valence-electron chi connectivity index (χ0n) is 17.6. The average molecular weight is 431 g/mol. The zero-order valence-corrected chi connectivity index (χ0v) is 18.4. The van der Waals surface area contributed by atoms with E-state index in [1.54, 1.807) is 6.07 Å². The lowest BCUT2D eigenvalue weighted by Crippen LogP contribution is -2.41. The molecule has 1 aliphatic rings. The molecule has 2 N–H and O–H groups in total. The van der Waals surface area contributed by atoms with Crippen LogP contribution in [0.15, 0.2) is 48.5 Å². The number of ether oxygens (including phenoxy) is 1. The van der Waals surface area contributed by atoms with Crippen molar-refractivity contribution in [2.24, 2.45) is 5.92 Å². The first kappa shape index (κ1) is 22.3. The predicted octanol–water partition coefficient (Wildman–Crippen LogP) is 4.01. The van der Waals surface area contributed by atoms with Crippen molar-refractivity contribution < 1.29 is 17.9 Å². The largest absolute Gasteiger partial charge is 0.487 e. The van der Waals surface area contributed by atoms with Gasteiger partial charge in [0, 0.05) is 6.04 Å². The van der Waals surface area contributed by atoms with Crippen molar-refractivity contribution in [1.29, 1.82) is 0 Å². The molecule has 1 fully saturated rings. The molecule has 3 rings (SSSR count). The van der Waals surface area contributed by atoms with Gasteiger partial charge in [-0.05, 0) is 61.8 Å². The summed E-state index contributed by atoms with van der Waals surface area (Å²) in [7, 11) is -3.70. The van der Waals surface area contributed by atoms with Crippen LogP contribution in [-0.2, 0) is 21.4 Å². The van der Waals surface area contributed by atoms with Crippen LogP contribution in [0.2, 0.25) is 0 Å². The van der Waals surface area contributed by atoms with Gasteiger partial charge in [-0.2, -0.15) is 0 Å². The van der Waals surface area contributed by atoms with Gasteiger partial charge < -0.3 is 10.1 Å². The number of benzene rings is 2. The molecule has 1 amide bonds. The van der Waals surface area contributed by atoms with Crippen LogP contribution < -0.4 is 14.8 Å². The number of hydrogen-bond donors (Lipinski definition) is 2. The molecule has 7 heteroatoms. The van der Waals surface area contributed by atoms with Crippen LogP contribution in [0.3, 0.4) is 0 Å². The first-order valence-corrected chi connectivity index (χ1v) is 12.0. The maximum atomic E-state index is 12.4. The van der Waals surface area contributed by atoms with Crippen molar-refractivity contribution in [2.75, 3.05) is 11.1 Å². The Bertz CT molecular complexity index is 952. The third kappa shape index (κ3) is 6.85. The first-order valence-electron chi connectivity index (χ1n) is 10.4. The normalized spacial score (nSPS) is 19.3. The minimum absolute atomic E-state index is 0.0804. The van der Waals surface area contributed by atoms with E-state index in [1.165, 1.54) is 0 Å². The van der Waals surface area contributed by atoms with Gasteiger partial charge in [0.25, 0.3) is 0 Å². The monoisotopic (exact) mass is 430 g/mol. The summed E-state index contributed by atoms with van der Waals surface area (Å²) in [6.07, 6.45) is 3.64. The van der Waals surface area contributed by atoms with Crippen molar-refractivity contribution in [3.63, 3.8) is 0 Å². The van der Waals surface area contributed by atoms with Gasteiger partial charge in [0.05, 0.1) is 5.69 Å². The molecule has 6 nitrogen and oxygen atoms in total. The van der Waals surface area contributed by atoms with E-state index >= 15 is 0 Å². The van der Waals surface area contributed by atoms with Gasteiger partial charge in [0.15, 0.2) is 0 Å². The molecule has 162 valence electrons. The molecule has 0 bridgehead atoms. The van der Waals surface area contributed by atoms with Crippen LogP contribution in [0.1, 0.15) is 43.7 Å². The second kappa shape index (κ2) is 10.1. The first-order chi connectivity index (χ1) is 14.3. The van der Waals surface area contributed by atoms with Crippen molar-refractivity contribution in [3.05, 3.63) is 59.7 Å². The van der Waals surface area contributed by atoms with Crippen LogP contribution in [0.4, 0.5) is 5.69 Å². The Morgan fingerprint density at radius 3 is 2.47 bits per heavy atom. The smallest absolute Gasteiger partial charge is 0.241 e. The Kier molecular flexibility index (Phi) is 7.50. The topological polar surface area (TPSA) is 84.5 Å². The Morgan fingerprint density at radius 2 is 1.77 bits per heavy atom. The van der Waals surface area contributed by atoms with Gasteiger partial charge in [0.1, 0.15) is 18.1 Å². The molecule has 0 spiro atoms. The van der Waals surface area contributed by atoms with Crippen LogP contribution in [-0.4, -0.2) is 26.1 Å². The lowest BCUT2D eigenvalue weighted by Gasteiger charge is -2.26. The molecule has 0 saturated heterocycles. The van der Waals surface area contributed by atoms with E-state index in [1.807, 2.05) is 49.4 Å². The van der Waals surface area contributed by atoms with Crippen LogP contribution in [0, 0.1) is 12.8 Å². The van der Waals surface area contributed by atoms with Gasteiger partial charge in [-0.25, -0.2) is 13.1 Å². The van der Waals surface area contributed by atoms with E-state index in [-0.39, 0.29) is 6.04 Å². The lowest BCUT2D eigenvalue weighted by molar-refractivity contribution is -0.113. The summed E-state index contributed by atoms with van der Waals surface area (Å²) in [4.78, 5) is 12.4. The van der Waals surface area contributed by atoms with E-state index in [4.69, 9.17) is 4.74 Å². The number of nitrogens with one attached hydrogen (secondary N) is 2. The fraction of sp³-hybridized carbons (Fsp3) is 0.435. The van der Waals surface area contributed by atoms with Gasteiger partial charge in [-0.1, -0.05) is 43.3 Å². The van der Waals surface area contributed by atoms with E-state index in [0.717, 1.165) is 36.8 Å². The quantitative estimate of drug-likeness (QED) is 0.663. The van der Waals surface area contributed by atoms with E-state index in [9.17, 15) is 13.2 Å². The van der Waals surface area contributed by atoms with Crippen molar-refractivity contribution in [2.45, 2.75) is 52.2 Å². The molecular formula is C23H30N2O4S. The Hall–Kier alpha value is -2.38. The molecule has 0 radical (unpaired) electrons. The fourth-order valence-corrected chi connectivity index (χ4v) is 4.86. The highest BCUT2D eigenvalue weighted by Crippen LogP contribution is 2.27. The number of amides is 1. The number of hydrogen-bond acceptors (Lipinski definition) is 4. The summed E-state index contributed by atoms with van der Waals surface area (Å²) in [5.74, 6) is -0.0470. The second-order valence-corrected chi connectivity index (χ2v) is 9.91. The maximum Gasteiger partial charge on any atom is 0.241 e. The minimum Gasteiger partial charge on any atom is -0.487 e. The van der Waals surface area contributed by atoms with Crippen molar-refractivity contribution in [3.8, 4) is 5.75 Å². The van der Waals surface area contributed by atoms with E-state index in [0.29, 0.717) is 24.0 Å². The molecule has 2 aromatic carbocycles. The molecule has 2 aromatic rings. The highest BCUT2D eigenvalue weighted by Gasteiger charge is 2.25. The number of sulfonamides is 1. The molecule has 0 unspecified atom stereocenters. The van der Waals surface area contributed by atoms with Gasteiger partial charge in [0.2, 0.25) is 15.9 Å². The predicted molar refractivity (Wildman–Crippen MR) is 119 cm³/mol. The lowest BCUT2D eigenvalue weighted by atomic mass is 9.88. The van der Waals surface area contributed by atoms with Gasteiger partial charge in [-0.15, -0.1) is 0 Å². The highest BCUT2D eigenvalue weighted by atomic mass is 32.2. The summed E-state index contributed by atoms with van der Waals surface area (Å²) in [5.41, 5.74) is 2.45. The number of carbonyl (C=O) groups excluding carboxylic acids is 1. The van der Waals surface area contributed by atoms with Crippen LogP contribution >= 0.6 is 0 Å². The molecule has 0 aromatic heterocycles. The molecule has 1 aliphatic carbocycles. The zero-order chi connectivity index (χ0) is 21.6. The summed E-state index contributed by atoms with van der Waals surface area (Å²) < 4.78 is 33.4. The van der Waals surface area contributed by atoms with Crippen molar-refractivity contribution in [1.82, 2.24) is 4.72 Å². The Labute approximate surface area is 179 Å². The summed E-state index contributed by atoms with van der Waals surface area (Å²) in [6, 6.07) is 15.0. The number of anilines is 1. The molecule has 0 heterocycles. The molecule has 30 heavy (non-hydrogen) atoms. The third-order valence-electron chi connectivity index (χ3n) is 5.33. The standard InChI is InChI=1S/C23H30N2O4S/c1-17-8-11-20(12-9-17)25-30(27,28)16-23(26)24-21-13-10-18(2)14-22(21)29-15-19-6-4-3-5-7-19/h3-7,10,13-14,17,20,25H,8-9,11-12,15-16H2,1-2H3,(H,24,26). The summed E-state index contributed by atoms with van der Waals surface area (Å²) in [6.45, 7) is 4.46. The SMILES string of the molecule is Cc1ccc(NC(=O)CS(=O)(=O)NC2CCC(C)CC2)c(OCc2ccccc2)c1. The second-order valence-electron chi connectivity index (χ2n) is 8.16. The third-order valence-corrected chi connectivity index (χ3v) is 6.67. The number of carbonyl (C=O) groups is 1. The molecular weight excluding hydrogens is 400 g/mol. The van der Waals surface area contributed by atoms with E-state index in [2.05, 4.69) is 17.0 Å². The van der Waals surface area contributed by atoms with Crippen LogP contribution in [0.5, 0.6) is 5.75 Å². The van der Waals surface area contributed by atoms with Gasteiger partial charge in [-0.3, -0.25) is 4.79 Å². The molecule has 0 atom stereocenters. The van der Waals surface area contributed by atoms with Crippen molar-refractivity contribution >= 4 is 21.6 Å². The summed E-state index contributed by atoms with van der Waals surface area (Å²) in [5, 5.41) is 2.69. The van der Waals surface area contributed by atoms with Crippen LogP contribution in [0.25, 0.3) is 0 Å². The van der Waals surface area contributed by atoms with Gasteiger partial charge >= 0.3 is 0 Å². The minimum atomic E-state index is -3.70. The fourth-order valence-electron chi connectivity index (χ4n) is 3.62. The highest BCUT2D eigenvalue weighted by molar-refractivity contribution is 7.90.